The van der Waals surface area contributed by atoms with Gasteiger partial charge in [0.25, 0.3) is 0 Å². The first-order valence-electron chi connectivity index (χ1n) is 5.76. The average molecular weight is 223 g/mol. The van der Waals surface area contributed by atoms with E-state index in [1.54, 1.807) is 0 Å². The number of rotatable bonds is 5. The Morgan fingerprint density at radius 1 is 1.44 bits per heavy atom. The van der Waals surface area contributed by atoms with Gasteiger partial charge < -0.3 is 10.6 Å². The molecule has 0 heterocycles. The molecule has 0 atom stereocenters. The van der Waals surface area contributed by atoms with Crippen LogP contribution in [0.3, 0.4) is 0 Å². The summed E-state index contributed by atoms with van der Waals surface area (Å²) in [5.74, 6) is 0.0141. The van der Waals surface area contributed by atoms with Crippen LogP contribution >= 0.6 is 0 Å². The Kier molecular flexibility index (Phi) is 3.93. The Morgan fingerprint density at radius 2 is 2.06 bits per heavy atom. The molecule has 0 aromatic rings. The summed E-state index contributed by atoms with van der Waals surface area (Å²) in [6.07, 6.45) is 2.81. The van der Waals surface area contributed by atoms with E-state index in [9.17, 15) is 4.79 Å². The minimum absolute atomic E-state index is 0.0141. The zero-order valence-corrected chi connectivity index (χ0v) is 10.4. The number of carbonyl (C=O) groups excluding carboxylic acids is 1. The van der Waals surface area contributed by atoms with Crippen molar-refractivity contribution >= 4 is 5.91 Å². The van der Waals surface area contributed by atoms with Gasteiger partial charge in [0.15, 0.2) is 0 Å². The molecule has 4 nitrogen and oxygen atoms in total. The maximum atomic E-state index is 11.5. The van der Waals surface area contributed by atoms with E-state index in [0.717, 1.165) is 19.4 Å². The van der Waals surface area contributed by atoms with Gasteiger partial charge in [-0.15, -0.1) is 0 Å². The van der Waals surface area contributed by atoms with Gasteiger partial charge in [0.2, 0.25) is 5.91 Å². The summed E-state index contributed by atoms with van der Waals surface area (Å²) < 4.78 is 0. The largest absolute Gasteiger partial charge is 0.350 e. The smallest absolute Gasteiger partial charge is 0.234 e. The molecule has 1 amide bonds. The van der Waals surface area contributed by atoms with Gasteiger partial charge in [-0.2, -0.15) is 5.26 Å². The fraction of sp³-hybridized carbons (Fsp3) is 0.833. The van der Waals surface area contributed by atoms with Gasteiger partial charge in [-0.3, -0.25) is 4.79 Å². The topological polar surface area (TPSA) is 64.9 Å². The van der Waals surface area contributed by atoms with Crippen LogP contribution in [0.5, 0.6) is 0 Å². The number of carbonyl (C=O) groups is 1. The summed E-state index contributed by atoms with van der Waals surface area (Å²) >= 11 is 0. The summed E-state index contributed by atoms with van der Waals surface area (Å²) in [4.78, 5) is 11.5. The van der Waals surface area contributed by atoms with Gasteiger partial charge in [-0.05, 0) is 39.0 Å². The zero-order valence-electron chi connectivity index (χ0n) is 10.4. The number of amides is 1. The van der Waals surface area contributed by atoms with Gasteiger partial charge in [-0.25, -0.2) is 0 Å². The van der Waals surface area contributed by atoms with Gasteiger partial charge in [0, 0.05) is 18.5 Å². The second-order valence-corrected chi connectivity index (χ2v) is 5.74. The zero-order chi connectivity index (χ0) is 12.2. The number of hydrogen-bond acceptors (Lipinski definition) is 3. The fourth-order valence-electron chi connectivity index (χ4n) is 1.66. The van der Waals surface area contributed by atoms with Crippen LogP contribution in [0.2, 0.25) is 0 Å². The van der Waals surface area contributed by atoms with Crippen molar-refractivity contribution < 1.29 is 4.79 Å². The molecule has 1 saturated carbocycles. The van der Waals surface area contributed by atoms with E-state index >= 15 is 0 Å². The Bertz CT molecular complexity index is 294. The van der Waals surface area contributed by atoms with Crippen LogP contribution < -0.4 is 10.6 Å². The molecule has 0 radical (unpaired) electrons. The van der Waals surface area contributed by atoms with Gasteiger partial charge in [0.05, 0.1) is 12.6 Å². The van der Waals surface area contributed by atoms with E-state index in [2.05, 4.69) is 16.7 Å². The highest BCUT2D eigenvalue weighted by Crippen LogP contribution is 2.47. The highest BCUT2D eigenvalue weighted by molar-refractivity contribution is 5.78. The molecule has 90 valence electrons. The molecule has 1 fully saturated rings. The molecule has 0 aromatic carbocycles. The van der Waals surface area contributed by atoms with Crippen molar-refractivity contribution in [2.24, 2.45) is 5.41 Å². The highest BCUT2D eigenvalue weighted by Gasteiger charge is 2.41. The van der Waals surface area contributed by atoms with Crippen molar-refractivity contribution in [2.45, 2.75) is 45.6 Å². The number of nitrogens with zero attached hydrogens (tertiary/aromatic N) is 1. The van der Waals surface area contributed by atoms with E-state index in [1.165, 1.54) is 0 Å². The van der Waals surface area contributed by atoms with Crippen molar-refractivity contribution in [1.82, 2.24) is 10.6 Å². The molecule has 0 spiro atoms. The van der Waals surface area contributed by atoms with Crippen LogP contribution in [0.25, 0.3) is 0 Å². The molecule has 0 unspecified atom stereocenters. The van der Waals surface area contributed by atoms with E-state index < -0.39 is 0 Å². The van der Waals surface area contributed by atoms with Gasteiger partial charge >= 0.3 is 0 Å². The standard InChI is InChI=1S/C12H21N3O/c1-11(2,3)15-10(16)8-14-9-12(4-5-12)6-7-13/h14H,4-6,8-9H2,1-3H3,(H,15,16). The molecular formula is C12H21N3O. The second-order valence-electron chi connectivity index (χ2n) is 5.74. The quantitative estimate of drug-likeness (QED) is 0.735. The molecule has 0 aliphatic heterocycles. The van der Waals surface area contributed by atoms with Crippen molar-refractivity contribution in [2.75, 3.05) is 13.1 Å². The lowest BCUT2D eigenvalue weighted by atomic mass is 10.0. The second kappa shape index (κ2) is 4.84. The van der Waals surface area contributed by atoms with Crippen LogP contribution in [0.4, 0.5) is 0 Å². The highest BCUT2D eigenvalue weighted by atomic mass is 16.2. The third-order valence-electron chi connectivity index (χ3n) is 2.71. The third kappa shape index (κ3) is 4.63. The molecule has 0 bridgehead atoms. The molecule has 2 N–H and O–H groups in total. The molecule has 16 heavy (non-hydrogen) atoms. The van der Waals surface area contributed by atoms with Crippen molar-refractivity contribution in [3.05, 3.63) is 0 Å². The van der Waals surface area contributed by atoms with Crippen LogP contribution in [-0.2, 0) is 4.79 Å². The number of nitrogens with one attached hydrogen (secondary N) is 2. The summed E-state index contributed by atoms with van der Waals surface area (Å²) in [6.45, 7) is 7.00. The maximum absolute atomic E-state index is 11.5. The van der Waals surface area contributed by atoms with Crippen LogP contribution in [0.15, 0.2) is 0 Å². The predicted octanol–water partition coefficient (Wildman–Crippen LogP) is 1.18. The minimum Gasteiger partial charge on any atom is -0.350 e. The summed E-state index contributed by atoms with van der Waals surface area (Å²) in [6, 6.07) is 2.21. The number of hydrogen-bond donors (Lipinski definition) is 2. The molecule has 1 aliphatic carbocycles. The van der Waals surface area contributed by atoms with E-state index in [4.69, 9.17) is 5.26 Å². The maximum Gasteiger partial charge on any atom is 0.234 e. The SMILES string of the molecule is CC(C)(C)NC(=O)CNCC1(CC#N)CC1. The molecule has 1 rings (SSSR count). The van der Waals surface area contributed by atoms with Crippen LogP contribution in [0.1, 0.15) is 40.0 Å². The number of nitriles is 1. The Hall–Kier alpha value is -1.08. The normalized spacial score (nSPS) is 17.6. The average Bonchev–Trinajstić information content (AvgIpc) is 2.82. The van der Waals surface area contributed by atoms with Gasteiger partial charge in [0.1, 0.15) is 0 Å². The van der Waals surface area contributed by atoms with Gasteiger partial charge in [-0.1, -0.05) is 0 Å². The van der Waals surface area contributed by atoms with E-state index in [-0.39, 0.29) is 16.9 Å². The molecule has 4 heteroatoms. The van der Waals surface area contributed by atoms with E-state index in [1.807, 2.05) is 20.8 Å². The summed E-state index contributed by atoms with van der Waals surface area (Å²) in [5.41, 5.74) is -0.0144. The molecular weight excluding hydrogens is 202 g/mol. The Balaban J connectivity index is 2.17. The third-order valence-corrected chi connectivity index (χ3v) is 2.71. The molecule has 1 aliphatic rings. The van der Waals surface area contributed by atoms with Crippen LogP contribution in [0, 0.1) is 16.7 Å². The lowest BCUT2D eigenvalue weighted by Gasteiger charge is -2.21. The lowest BCUT2D eigenvalue weighted by molar-refractivity contribution is -0.121. The van der Waals surface area contributed by atoms with Crippen molar-refractivity contribution in [1.29, 1.82) is 5.26 Å². The Labute approximate surface area is 97.4 Å². The first-order chi connectivity index (χ1) is 7.37. The van der Waals surface area contributed by atoms with Crippen molar-refractivity contribution in [3.63, 3.8) is 0 Å². The van der Waals surface area contributed by atoms with Crippen molar-refractivity contribution in [3.8, 4) is 6.07 Å². The molecule has 0 saturated heterocycles. The first-order valence-corrected chi connectivity index (χ1v) is 5.76. The summed E-state index contributed by atoms with van der Waals surface area (Å²) in [7, 11) is 0. The summed E-state index contributed by atoms with van der Waals surface area (Å²) in [5, 5.41) is 14.7. The monoisotopic (exact) mass is 223 g/mol. The first kappa shape index (κ1) is 13.0. The fourth-order valence-corrected chi connectivity index (χ4v) is 1.66. The predicted molar refractivity (Wildman–Crippen MR) is 62.7 cm³/mol. The molecule has 0 aromatic heterocycles. The minimum atomic E-state index is -0.178. The Morgan fingerprint density at radius 3 is 2.50 bits per heavy atom. The van der Waals surface area contributed by atoms with E-state index in [0.29, 0.717) is 13.0 Å². The lowest BCUT2D eigenvalue weighted by Crippen LogP contribution is -2.45. The van der Waals surface area contributed by atoms with Crippen LogP contribution in [-0.4, -0.2) is 24.5 Å².